The van der Waals surface area contributed by atoms with Gasteiger partial charge in [0.2, 0.25) is 0 Å². The molecule has 0 heterocycles. The molecule has 1 atom stereocenters. The van der Waals surface area contributed by atoms with Crippen LogP contribution in [0.2, 0.25) is 0 Å². The number of carbonyl (C=O) groups is 3. The minimum atomic E-state index is -1.47. The summed E-state index contributed by atoms with van der Waals surface area (Å²) in [6.07, 6.45) is 13.3. The first kappa shape index (κ1) is 31.4. The Hall–Kier alpha value is -2.81. The van der Waals surface area contributed by atoms with E-state index in [0.29, 0.717) is 0 Å². The number of nitrogens with one attached hydrogen (secondary N) is 2. The summed E-state index contributed by atoms with van der Waals surface area (Å²) in [6, 6.07) is 9.66. The van der Waals surface area contributed by atoms with E-state index in [2.05, 4.69) is 16.0 Å². The molecule has 0 aromatic heterocycles. The smallest absolute Gasteiger partial charge is 0.407 e. The van der Waals surface area contributed by atoms with E-state index in [1.54, 1.807) is 45.0 Å². The number of benzene rings is 1. The summed E-state index contributed by atoms with van der Waals surface area (Å²) in [4.78, 5) is 34.3. The van der Waals surface area contributed by atoms with Gasteiger partial charge in [0.15, 0.2) is 0 Å². The molecule has 1 aromatic carbocycles. The van der Waals surface area contributed by atoms with Gasteiger partial charge in [-0.3, -0.25) is 0 Å². The topological polar surface area (TPSA) is 133 Å². The summed E-state index contributed by atoms with van der Waals surface area (Å²) in [5, 5.41) is 18.4. The predicted octanol–water partition coefficient (Wildman–Crippen LogP) is 3.16. The lowest BCUT2D eigenvalue weighted by Crippen LogP contribution is -2.95. The molecule has 214 valence electrons. The van der Waals surface area contributed by atoms with Crippen LogP contribution >= 0.6 is 0 Å². The zero-order valence-electron chi connectivity index (χ0n) is 23.3. The zero-order valence-corrected chi connectivity index (χ0v) is 23.3. The third-order valence-electron chi connectivity index (χ3n) is 6.73. The van der Waals surface area contributed by atoms with Gasteiger partial charge in [0.25, 0.3) is 0 Å². The average molecular weight is 534 g/mol. The van der Waals surface area contributed by atoms with Crippen LogP contribution in [0.5, 0.6) is 0 Å². The lowest BCUT2D eigenvalue weighted by Gasteiger charge is -2.27. The van der Waals surface area contributed by atoms with Crippen LogP contribution in [0.3, 0.4) is 0 Å². The Labute approximate surface area is 227 Å². The number of quaternary nitrogens is 1. The number of carboxylic acid groups (broad SMARTS) is 1. The highest BCUT2D eigenvalue weighted by molar-refractivity contribution is 5.78. The second kappa shape index (κ2) is 16.9. The fourth-order valence-corrected chi connectivity index (χ4v) is 4.83. The molecule has 9 nitrogen and oxygen atoms in total. The molecule has 4 N–H and O–H groups in total. The van der Waals surface area contributed by atoms with E-state index in [9.17, 15) is 19.5 Å². The van der Waals surface area contributed by atoms with E-state index >= 15 is 0 Å². The fourth-order valence-electron chi connectivity index (χ4n) is 4.83. The number of hydrogen-bond donors (Lipinski definition) is 3. The van der Waals surface area contributed by atoms with E-state index in [1.807, 2.05) is 6.07 Å². The first-order valence-electron chi connectivity index (χ1n) is 14.1. The van der Waals surface area contributed by atoms with E-state index < -0.39 is 29.8 Å². The molecular weight excluding hydrogens is 486 g/mol. The van der Waals surface area contributed by atoms with Crippen LogP contribution in [0.15, 0.2) is 30.3 Å². The summed E-state index contributed by atoms with van der Waals surface area (Å²) < 4.78 is 9.97. The van der Waals surface area contributed by atoms with Gasteiger partial charge < -0.3 is 35.3 Å². The van der Waals surface area contributed by atoms with Crippen LogP contribution in [0.1, 0.15) is 97.0 Å². The van der Waals surface area contributed by atoms with Crippen molar-refractivity contribution in [3.05, 3.63) is 35.9 Å². The molecule has 1 aromatic rings. The maximum atomic E-state index is 11.7. The van der Waals surface area contributed by atoms with Gasteiger partial charge in [0.05, 0.1) is 24.1 Å². The third-order valence-corrected chi connectivity index (χ3v) is 6.73. The van der Waals surface area contributed by atoms with Crippen LogP contribution in [-0.2, 0) is 20.9 Å². The zero-order chi connectivity index (χ0) is 27.8. The molecule has 1 unspecified atom stereocenters. The number of alkyl carbamates (subject to hydrolysis) is 2. The summed E-state index contributed by atoms with van der Waals surface area (Å²) in [6.45, 7) is 5.14. The number of hydrogen-bond acceptors (Lipinski definition) is 6. The number of nitrogens with two attached hydrogens (primary N) is 1. The normalized spacial score (nSPS) is 17.3. The molecule has 9 heteroatoms. The van der Waals surface area contributed by atoms with E-state index in [1.165, 1.54) is 64.2 Å². The molecule has 3 rings (SSSR count). The van der Waals surface area contributed by atoms with Gasteiger partial charge in [-0.2, -0.15) is 0 Å². The second-order valence-electron chi connectivity index (χ2n) is 11.3. The van der Waals surface area contributed by atoms with E-state index in [4.69, 9.17) is 9.47 Å². The van der Waals surface area contributed by atoms with Crippen LogP contribution in [0.4, 0.5) is 9.59 Å². The lowest BCUT2D eigenvalue weighted by molar-refractivity contribution is -0.725. The quantitative estimate of drug-likeness (QED) is 0.447. The van der Waals surface area contributed by atoms with Crippen LogP contribution in [-0.4, -0.2) is 48.4 Å². The monoisotopic (exact) mass is 533 g/mol. The molecule has 2 saturated carbocycles. The molecular formula is C29H47N3O6. The van der Waals surface area contributed by atoms with Gasteiger partial charge in [-0.15, -0.1) is 0 Å². The van der Waals surface area contributed by atoms with Crippen molar-refractivity contribution in [2.45, 2.75) is 122 Å². The highest BCUT2D eigenvalue weighted by Crippen LogP contribution is 2.18. The van der Waals surface area contributed by atoms with Crippen LogP contribution in [0, 0.1) is 0 Å². The van der Waals surface area contributed by atoms with Crippen LogP contribution in [0.25, 0.3) is 0 Å². The Bertz CT molecular complexity index is 814. The first-order valence-corrected chi connectivity index (χ1v) is 14.1. The molecule has 0 aliphatic heterocycles. The predicted molar refractivity (Wildman–Crippen MR) is 143 cm³/mol. The summed E-state index contributed by atoms with van der Waals surface area (Å²) >= 11 is 0. The minimum absolute atomic E-state index is 0.00742. The minimum Gasteiger partial charge on any atom is -0.548 e. The molecule has 0 spiro atoms. The van der Waals surface area contributed by atoms with E-state index in [-0.39, 0.29) is 19.6 Å². The Morgan fingerprint density at radius 1 is 0.921 bits per heavy atom. The number of ether oxygens (including phenoxy) is 2. The SMILES string of the molecule is C1CCC([NH2+]C2CCCCC2)CC1.CC(C)(C)OC(=O)NCCC(NC(=O)OCc1ccccc1)C(=O)[O-]. The van der Waals surface area contributed by atoms with Crippen molar-refractivity contribution >= 4 is 18.2 Å². The van der Waals surface area contributed by atoms with Gasteiger partial charge in [0.1, 0.15) is 12.2 Å². The summed E-state index contributed by atoms with van der Waals surface area (Å²) in [5.41, 5.74) is 0.117. The Balaban J connectivity index is 0.000000323. The van der Waals surface area contributed by atoms with Crippen molar-refractivity contribution in [1.29, 1.82) is 0 Å². The lowest BCUT2D eigenvalue weighted by atomic mass is 9.91. The van der Waals surface area contributed by atoms with Crippen LogP contribution < -0.4 is 21.1 Å². The van der Waals surface area contributed by atoms with Crippen molar-refractivity contribution in [2.24, 2.45) is 0 Å². The van der Waals surface area contributed by atoms with Crippen molar-refractivity contribution in [3.8, 4) is 0 Å². The maximum Gasteiger partial charge on any atom is 0.407 e. The average Bonchev–Trinajstić information content (AvgIpc) is 2.88. The molecule has 2 fully saturated rings. The number of amides is 2. The summed E-state index contributed by atoms with van der Waals surface area (Å²) in [5.74, 6) is -1.47. The van der Waals surface area contributed by atoms with Crippen molar-refractivity contribution in [1.82, 2.24) is 10.6 Å². The molecule has 2 aliphatic carbocycles. The molecule has 0 radical (unpaired) electrons. The number of rotatable bonds is 9. The Kier molecular flexibility index (Phi) is 14.0. The Morgan fingerprint density at radius 2 is 1.47 bits per heavy atom. The molecule has 38 heavy (non-hydrogen) atoms. The molecule has 0 saturated heterocycles. The molecule has 2 amide bonds. The number of carboxylic acids is 1. The van der Waals surface area contributed by atoms with Gasteiger partial charge >= 0.3 is 12.2 Å². The molecule has 2 aliphatic rings. The van der Waals surface area contributed by atoms with Crippen molar-refractivity contribution in [2.75, 3.05) is 6.54 Å². The van der Waals surface area contributed by atoms with Crippen molar-refractivity contribution in [3.63, 3.8) is 0 Å². The third kappa shape index (κ3) is 14.2. The standard InChI is InChI=1S/C17H24N2O6.C12H23N/c1-17(2,3)25-15(22)18-10-9-13(14(20)21)19-16(23)24-11-12-7-5-4-6-8-12;1-3-7-11(8-4-1)13-12-9-5-2-6-10-12/h4-8,13H,9-11H2,1-3H3,(H,18,22)(H,19,23)(H,20,21);11-13H,1-10H2. The van der Waals surface area contributed by atoms with E-state index in [0.717, 1.165) is 17.6 Å². The Morgan fingerprint density at radius 3 is 1.97 bits per heavy atom. The largest absolute Gasteiger partial charge is 0.548 e. The first-order chi connectivity index (χ1) is 18.1. The summed E-state index contributed by atoms with van der Waals surface area (Å²) in [7, 11) is 0. The number of carbonyl (C=O) groups excluding carboxylic acids is 3. The second-order valence-corrected chi connectivity index (χ2v) is 11.3. The molecule has 0 bridgehead atoms. The highest BCUT2D eigenvalue weighted by atomic mass is 16.6. The fraction of sp³-hybridized carbons (Fsp3) is 0.690. The van der Waals surface area contributed by atoms with Crippen molar-refractivity contribution < 1.29 is 34.3 Å². The maximum absolute atomic E-state index is 11.7. The van der Waals surface area contributed by atoms with Gasteiger partial charge in [-0.05, 0) is 84.1 Å². The number of aliphatic carboxylic acids is 1. The van der Waals surface area contributed by atoms with Gasteiger partial charge in [0, 0.05) is 6.54 Å². The van der Waals surface area contributed by atoms with Gasteiger partial charge in [-0.25, -0.2) is 9.59 Å². The van der Waals surface area contributed by atoms with Gasteiger partial charge in [-0.1, -0.05) is 43.2 Å². The highest BCUT2D eigenvalue weighted by Gasteiger charge is 2.23.